The number of hydrogen-bond acceptors (Lipinski definition) is 7. The van der Waals surface area contributed by atoms with Crippen LogP contribution in [-0.2, 0) is 4.79 Å². The molecule has 8 heteroatoms. The number of amides is 1. The molecule has 0 aliphatic carbocycles. The molecule has 0 heterocycles. The van der Waals surface area contributed by atoms with Crippen molar-refractivity contribution < 1.29 is 23.7 Å². The zero-order chi connectivity index (χ0) is 19.6. The summed E-state index contributed by atoms with van der Waals surface area (Å²) in [6.45, 7) is -0.216. The van der Waals surface area contributed by atoms with E-state index >= 15 is 0 Å². The second kappa shape index (κ2) is 9.68. The summed E-state index contributed by atoms with van der Waals surface area (Å²) < 4.78 is 21.1. The third-order valence-electron chi connectivity index (χ3n) is 3.48. The van der Waals surface area contributed by atoms with Gasteiger partial charge in [0.15, 0.2) is 18.1 Å². The van der Waals surface area contributed by atoms with Crippen LogP contribution in [-0.4, -0.2) is 40.1 Å². The van der Waals surface area contributed by atoms with E-state index in [1.54, 1.807) is 36.4 Å². The average molecular weight is 369 g/mol. The molecule has 1 amide bonds. The highest BCUT2D eigenvalue weighted by Gasteiger charge is 2.10. The largest absolute Gasteiger partial charge is 0.496 e. The highest BCUT2D eigenvalue weighted by molar-refractivity contribution is 5.86. The van der Waals surface area contributed by atoms with Gasteiger partial charge in [0.25, 0.3) is 5.91 Å². The summed E-state index contributed by atoms with van der Waals surface area (Å²) in [6.07, 6.45) is 1.43. The quantitative estimate of drug-likeness (QED) is 0.565. The minimum absolute atomic E-state index is 0.216. The number of nitrogens with zero attached hydrogens (tertiary/aromatic N) is 2. The smallest absolute Gasteiger partial charge is 0.277 e. The van der Waals surface area contributed by atoms with Crippen molar-refractivity contribution in [1.82, 2.24) is 5.43 Å². The van der Waals surface area contributed by atoms with Crippen LogP contribution in [0.1, 0.15) is 11.1 Å². The molecule has 0 aromatic heterocycles. The van der Waals surface area contributed by atoms with Gasteiger partial charge >= 0.3 is 0 Å². The van der Waals surface area contributed by atoms with Gasteiger partial charge in [-0.25, -0.2) is 5.43 Å². The van der Waals surface area contributed by atoms with Crippen LogP contribution >= 0.6 is 0 Å². The van der Waals surface area contributed by atoms with Crippen LogP contribution in [0.4, 0.5) is 0 Å². The first-order valence-corrected chi connectivity index (χ1v) is 7.86. The second-order valence-electron chi connectivity index (χ2n) is 5.17. The number of rotatable bonds is 8. The molecule has 140 valence electrons. The SMILES string of the molecule is COc1cc(OC)c(OC)cc1/C=N\NC(=O)COc1ccc(C#N)cc1. The number of benzene rings is 2. The molecule has 2 aromatic rings. The van der Waals surface area contributed by atoms with Crippen LogP contribution in [0.2, 0.25) is 0 Å². The summed E-state index contributed by atoms with van der Waals surface area (Å²) in [5.41, 5.74) is 3.48. The predicted molar refractivity (Wildman–Crippen MR) is 98.5 cm³/mol. The highest BCUT2D eigenvalue weighted by atomic mass is 16.5. The standard InChI is InChI=1S/C19H19N3O5/c1-24-16-9-18(26-3)17(25-2)8-14(16)11-21-22-19(23)12-27-15-6-4-13(10-20)5-7-15/h4-9,11H,12H2,1-3H3,(H,22,23)/b21-11-. The molecule has 0 saturated heterocycles. The van der Waals surface area contributed by atoms with E-state index in [2.05, 4.69) is 10.5 Å². The maximum absolute atomic E-state index is 11.8. The number of hydrazone groups is 1. The molecule has 0 aliphatic heterocycles. The predicted octanol–water partition coefficient (Wildman–Crippen LogP) is 2.11. The summed E-state index contributed by atoms with van der Waals surface area (Å²) in [4.78, 5) is 11.8. The Morgan fingerprint density at radius 1 is 1.07 bits per heavy atom. The van der Waals surface area contributed by atoms with Crippen molar-refractivity contribution in [2.75, 3.05) is 27.9 Å². The van der Waals surface area contributed by atoms with Gasteiger partial charge in [-0.05, 0) is 30.3 Å². The number of ether oxygens (including phenoxy) is 4. The fourth-order valence-electron chi connectivity index (χ4n) is 2.13. The Labute approximate surface area is 156 Å². The summed E-state index contributed by atoms with van der Waals surface area (Å²) in [6, 6.07) is 11.8. The monoisotopic (exact) mass is 369 g/mol. The first-order chi connectivity index (χ1) is 13.1. The molecule has 0 spiro atoms. The molecular formula is C19H19N3O5. The van der Waals surface area contributed by atoms with Crippen molar-refractivity contribution >= 4 is 12.1 Å². The van der Waals surface area contributed by atoms with Gasteiger partial charge < -0.3 is 18.9 Å². The van der Waals surface area contributed by atoms with E-state index < -0.39 is 5.91 Å². The molecule has 0 bridgehead atoms. The molecule has 2 aromatic carbocycles. The lowest BCUT2D eigenvalue weighted by atomic mass is 10.2. The number of methoxy groups -OCH3 is 3. The molecule has 0 unspecified atom stereocenters. The third-order valence-corrected chi connectivity index (χ3v) is 3.48. The van der Waals surface area contributed by atoms with Gasteiger partial charge in [0.1, 0.15) is 11.5 Å². The number of carbonyl (C=O) groups excluding carboxylic acids is 1. The van der Waals surface area contributed by atoms with Crippen molar-refractivity contribution in [2.45, 2.75) is 0 Å². The van der Waals surface area contributed by atoms with Crippen LogP contribution in [0.5, 0.6) is 23.0 Å². The van der Waals surface area contributed by atoms with E-state index in [-0.39, 0.29) is 6.61 Å². The van der Waals surface area contributed by atoms with Crippen molar-refractivity contribution in [3.63, 3.8) is 0 Å². The molecule has 27 heavy (non-hydrogen) atoms. The Hall–Kier alpha value is -3.73. The second-order valence-corrected chi connectivity index (χ2v) is 5.17. The van der Waals surface area contributed by atoms with Crippen LogP contribution in [0.25, 0.3) is 0 Å². The molecule has 0 saturated carbocycles. The van der Waals surface area contributed by atoms with Gasteiger partial charge in [0.2, 0.25) is 0 Å². The first kappa shape index (κ1) is 19.6. The van der Waals surface area contributed by atoms with Crippen LogP contribution < -0.4 is 24.4 Å². The molecule has 0 aliphatic rings. The number of nitrogens with one attached hydrogen (secondary N) is 1. The van der Waals surface area contributed by atoms with Crippen molar-refractivity contribution in [1.29, 1.82) is 5.26 Å². The van der Waals surface area contributed by atoms with Gasteiger partial charge in [0, 0.05) is 11.6 Å². The Bertz CT molecular complexity index is 857. The van der Waals surface area contributed by atoms with Crippen LogP contribution in [0, 0.1) is 11.3 Å². The molecular weight excluding hydrogens is 350 g/mol. The van der Waals surface area contributed by atoms with Gasteiger partial charge in [-0.3, -0.25) is 4.79 Å². The number of hydrogen-bond donors (Lipinski definition) is 1. The van der Waals surface area contributed by atoms with E-state index in [0.29, 0.717) is 34.1 Å². The summed E-state index contributed by atoms with van der Waals surface area (Å²) in [7, 11) is 4.56. The zero-order valence-electron chi connectivity index (χ0n) is 15.2. The van der Waals surface area contributed by atoms with Gasteiger partial charge in [0.05, 0.1) is 39.2 Å². The maximum Gasteiger partial charge on any atom is 0.277 e. The lowest BCUT2D eigenvalue weighted by molar-refractivity contribution is -0.123. The third kappa shape index (κ3) is 5.37. The number of carbonyl (C=O) groups is 1. The van der Waals surface area contributed by atoms with E-state index in [9.17, 15) is 4.79 Å². The molecule has 8 nitrogen and oxygen atoms in total. The molecule has 1 N–H and O–H groups in total. The lowest BCUT2D eigenvalue weighted by Gasteiger charge is -2.11. The normalized spacial score (nSPS) is 10.1. The lowest BCUT2D eigenvalue weighted by Crippen LogP contribution is -2.24. The Morgan fingerprint density at radius 3 is 2.30 bits per heavy atom. The van der Waals surface area contributed by atoms with Gasteiger partial charge in [-0.1, -0.05) is 0 Å². The van der Waals surface area contributed by atoms with Crippen molar-refractivity contribution in [2.24, 2.45) is 5.10 Å². The van der Waals surface area contributed by atoms with Gasteiger partial charge in [-0.2, -0.15) is 10.4 Å². The van der Waals surface area contributed by atoms with Crippen LogP contribution in [0.15, 0.2) is 41.5 Å². The van der Waals surface area contributed by atoms with Crippen LogP contribution in [0.3, 0.4) is 0 Å². The fourth-order valence-corrected chi connectivity index (χ4v) is 2.13. The Morgan fingerprint density at radius 2 is 1.70 bits per heavy atom. The van der Waals surface area contributed by atoms with Gasteiger partial charge in [-0.15, -0.1) is 0 Å². The van der Waals surface area contributed by atoms with E-state index in [4.69, 9.17) is 24.2 Å². The van der Waals surface area contributed by atoms with E-state index in [1.165, 1.54) is 27.5 Å². The number of nitriles is 1. The first-order valence-electron chi connectivity index (χ1n) is 7.86. The molecule has 0 atom stereocenters. The molecule has 0 radical (unpaired) electrons. The Balaban J connectivity index is 1.95. The van der Waals surface area contributed by atoms with E-state index in [1.807, 2.05) is 6.07 Å². The minimum atomic E-state index is -0.435. The summed E-state index contributed by atoms with van der Waals surface area (Å²) in [5.74, 6) is 1.59. The molecule has 0 fully saturated rings. The summed E-state index contributed by atoms with van der Waals surface area (Å²) in [5, 5.41) is 12.6. The average Bonchev–Trinajstić information content (AvgIpc) is 2.72. The van der Waals surface area contributed by atoms with Crippen molar-refractivity contribution in [3.8, 4) is 29.1 Å². The molecule has 2 rings (SSSR count). The summed E-state index contributed by atoms with van der Waals surface area (Å²) >= 11 is 0. The highest BCUT2D eigenvalue weighted by Crippen LogP contribution is 2.33. The van der Waals surface area contributed by atoms with Crippen molar-refractivity contribution in [3.05, 3.63) is 47.5 Å². The zero-order valence-corrected chi connectivity index (χ0v) is 15.2. The maximum atomic E-state index is 11.8. The van der Waals surface area contributed by atoms with E-state index in [0.717, 1.165) is 0 Å². The topological polar surface area (TPSA) is 102 Å². The fraction of sp³-hybridized carbons (Fsp3) is 0.211. The Kier molecular flexibility index (Phi) is 7.02. The minimum Gasteiger partial charge on any atom is -0.496 e.